The second-order valence-electron chi connectivity index (χ2n) is 5.06. The van der Waals surface area contributed by atoms with Gasteiger partial charge in [-0.1, -0.05) is 0 Å². The minimum absolute atomic E-state index is 0.245. The molecule has 0 bridgehead atoms. The molecule has 0 aliphatic carbocycles. The van der Waals surface area contributed by atoms with E-state index in [1.165, 1.54) is 25.3 Å². The Kier molecular flexibility index (Phi) is 4.10. The summed E-state index contributed by atoms with van der Waals surface area (Å²) in [6.07, 6.45) is -4.72. The highest BCUT2D eigenvalue weighted by Crippen LogP contribution is 2.29. The van der Waals surface area contributed by atoms with Gasteiger partial charge in [-0.3, -0.25) is 0 Å². The van der Waals surface area contributed by atoms with E-state index in [0.29, 0.717) is 28.3 Å². The first-order valence-corrected chi connectivity index (χ1v) is 6.94. The molecular formula is C15H13F3N4O2. The Morgan fingerprint density at radius 3 is 2.58 bits per heavy atom. The van der Waals surface area contributed by atoms with Crippen molar-refractivity contribution in [2.75, 3.05) is 7.11 Å². The molecule has 0 aliphatic heterocycles. The molecule has 0 fully saturated rings. The molecule has 0 saturated heterocycles. The van der Waals surface area contributed by atoms with Crippen molar-refractivity contribution in [1.82, 2.24) is 19.8 Å². The Hall–Kier alpha value is -2.68. The van der Waals surface area contributed by atoms with Crippen LogP contribution in [0.25, 0.3) is 16.9 Å². The molecular weight excluding hydrogens is 325 g/mol. The fourth-order valence-electron chi connectivity index (χ4n) is 2.32. The van der Waals surface area contributed by atoms with Gasteiger partial charge < -0.3 is 9.47 Å². The van der Waals surface area contributed by atoms with Crippen LogP contribution in [0.5, 0.6) is 5.75 Å². The SMILES string of the molecule is COCc1nnc2ccc(-c3ccc(OC(F)(F)F)cc3C)nn12. The average Bonchev–Trinajstić information content (AvgIpc) is 2.89. The van der Waals surface area contributed by atoms with Crippen molar-refractivity contribution >= 4 is 5.65 Å². The van der Waals surface area contributed by atoms with Crippen LogP contribution in [0.1, 0.15) is 11.4 Å². The summed E-state index contributed by atoms with van der Waals surface area (Å²) in [5.74, 6) is 0.262. The summed E-state index contributed by atoms with van der Waals surface area (Å²) >= 11 is 0. The molecule has 9 heteroatoms. The van der Waals surface area contributed by atoms with Crippen molar-refractivity contribution in [3.8, 4) is 17.0 Å². The molecule has 0 saturated carbocycles. The van der Waals surface area contributed by atoms with E-state index in [4.69, 9.17) is 4.74 Å². The summed E-state index contributed by atoms with van der Waals surface area (Å²) in [6, 6.07) is 7.56. The second kappa shape index (κ2) is 6.08. The van der Waals surface area contributed by atoms with Gasteiger partial charge in [-0.05, 0) is 42.8 Å². The highest BCUT2D eigenvalue weighted by molar-refractivity contribution is 5.65. The van der Waals surface area contributed by atoms with Gasteiger partial charge in [-0.25, -0.2) is 0 Å². The summed E-state index contributed by atoms with van der Waals surface area (Å²) < 4.78 is 47.4. The number of halogens is 3. The first-order valence-electron chi connectivity index (χ1n) is 6.94. The predicted octanol–water partition coefficient (Wildman–Crippen LogP) is 3.14. The van der Waals surface area contributed by atoms with E-state index in [0.717, 1.165) is 0 Å². The molecule has 0 atom stereocenters. The van der Waals surface area contributed by atoms with E-state index < -0.39 is 6.36 Å². The zero-order valence-electron chi connectivity index (χ0n) is 12.8. The third-order valence-electron chi connectivity index (χ3n) is 3.31. The standard InChI is InChI=1S/C15H13F3N4O2/c1-9-7-10(24-15(16,17)18)3-4-11(9)12-5-6-13-19-20-14(8-23-2)22(13)21-12/h3-7H,8H2,1-2H3. The third kappa shape index (κ3) is 3.30. The Bertz CT molecular complexity index is 877. The normalized spacial score (nSPS) is 11.9. The lowest BCUT2D eigenvalue weighted by molar-refractivity contribution is -0.274. The summed E-state index contributed by atoms with van der Waals surface area (Å²) in [7, 11) is 1.54. The van der Waals surface area contributed by atoms with E-state index >= 15 is 0 Å². The topological polar surface area (TPSA) is 61.5 Å². The van der Waals surface area contributed by atoms with Crippen LogP contribution in [0.2, 0.25) is 0 Å². The van der Waals surface area contributed by atoms with Crippen LogP contribution in [0, 0.1) is 6.92 Å². The van der Waals surface area contributed by atoms with Crippen LogP contribution >= 0.6 is 0 Å². The maximum absolute atomic E-state index is 12.3. The lowest BCUT2D eigenvalue weighted by Crippen LogP contribution is -2.17. The van der Waals surface area contributed by atoms with Gasteiger partial charge in [-0.15, -0.1) is 23.4 Å². The summed E-state index contributed by atoms with van der Waals surface area (Å²) in [4.78, 5) is 0. The number of hydrogen-bond donors (Lipinski definition) is 0. The van der Waals surface area contributed by atoms with Gasteiger partial charge in [0.25, 0.3) is 0 Å². The first-order chi connectivity index (χ1) is 11.4. The molecule has 3 rings (SSSR count). The molecule has 1 aromatic carbocycles. The molecule has 0 unspecified atom stereocenters. The molecule has 2 heterocycles. The number of benzene rings is 1. The van der Waals surface area contributed by atoms with Crippen LogP contribution in [-0.4, -0.2) is 33.3 Å². The molecule has 126 valence electrons. The van der Waals surface area contributed by atoms with Gasteiger partial charge >= 0.3 is 6.36 Å². The predicted molar refractivity (Wildman–Crippen MR) is 78.4 cm³/mol. The van der Waals surface area contributed by atoms with E-state index in [-0.39, 0.29) is 12.4 Å². The quantitative estimate of drug-likeness (QED) is 0.731. The molecule has 0 aliphatic rings. The third-order valence-corrected chi connectivity index (χ3v) is 3.31. The monoisotopic (exact) mass is 338 g/mol. The second-order valence-corrected chi connectivity index (χ2v) is 5.06. The Morgan fingerprint density at radius 1 is 1.12 bits per heavy atom. The van der Waals surface area contributed by atoms with Crippen molar-refractivity contribution in [3.63, 3.8) is 0 Å². The lowest BCUT2D eigenvalue weighted by Gasteiger charge is -2.11. The Morgan fingerprint density at radius 2 is 1.92 bits per heavy atom. The van der Waals surface area contributed by atoms with Crippen LogP contribution in [0.4, 0.5) is 13.2 Å². The van der Waals surface area contributed by atoms with Crippen LogP contribution in [-0.2, 0) is 11.3 Å². The van der Waals surface area contributed by atoms with Crippen molar-refractivity contribution in [3.05, 3.63) is 41.7 Å². The minimum Gasteiger partial charge on any atom is -0.406 e. The zero-order chi connectivity index (χ0) is 17.3. The van der Waals surface area contributed by atoms with Crippen molar-refractivity contribution < 1.29 is 22.6 Å². The highest BCUT2D eigenvalue weighted by atomic mass is 19.4. The van der Waals surface area contributed by atoms with Gasteiger partial charge in [0, 0.05) is 12.7 Å². The summed E-state index contributed by atoms with van der Waals surface area (Å²) in [6.45, 7) is 1.93. The minimum atomic E-state index is -4.72. The van der Waals surface area contributed by atoms with E-state index in [1.54, 1.807) is 23.6 Å². The van der Waals surface area contributed by atoms with Gasteiger partial charge in [0.05, 0.1) is 5.69 Å². The smallest absolute Gasteiger partial charge is 0.406 e. The molecule has 2 aromatic heterocycles. The van der Waals surface area contributed by atoms with Crippen LogP contribution in [0.15, 0.2) is 30.3 Å². The van der Waals surface area contributed by atoms with Gasteiger partial charge in [-0.2, -0.15) is 9.61 Å². The number of hydrogen-bond acceptors (Lipinski definition) is 5. The van der Waals surface area contributed by atoms with Crippen LogP contribution < -0.4 is 4.74 Å². The number of rotatable bonds is 4. The lowest BCUT2D eigenvalue weighted by atomic mass is 10.1. The molecule has 0 N–H and O–H groups in total. The van der Waals surface area contributed by atoms with Crippen molar-refractivity contribution in [2.24, 2.45) is 0 Å². The number of fused-ring (bicyclic) bond motifs is 1. The Balaban J connectivity index is 1.99. The van der Waals surface area contributed by atoms with E-state index in [9.17, 15) is 13.2 Å². The maximum Gasteiger partial charge on any atom is 0.573 e. The van der Waals surface area contributed by atoms with Gasteiger partial charge in [0.2, 0.25) is 0 Å². The zero-order valence-corrected chi connectivity index (χ0v) is 12.8. The van der Waals surface area contributed by atoms with Crippen LogP contribution in [0.3, 0.4) is 0 Å². The largest absolute Gasteiger partial charge is 0.573 e. The Labute approximate surface area is 134 Å². The van der Waals surface area contributed by atoms with Gasteiger partial charge in [0.1, 0.15) is 12.4 Å². The number of methoxy groups -OCH3 is 1. The number of ether oxygens (including phenoxy) is 2. The number of nitrogens with zero attached hydrogens (tertiary/aromatic N) is 4. The summed E-state index contributed by atoms with van der Waals surface area (Å²) in [5, 5.41) is 12.4. The fraction of sp³-hybridized carbons (Fsp3) is 0.267. The first kappa shape index (κ1) is 16.2. The number of alkyl halides is 3. The van der Waals surface area contributed by atoms with Crippen molar-refractivity contribution in [2.45, 2.75) is 19.9 Å². The maximum atomic E-state index is 12.3. The molecule has 6 nitrogen and oxygen atoms in total. The molecule has 24 heavy (non-hydrogen) atoms. The van der Waals surface area contributed by atoms with Gasteiger partial charge in [0.15, 0.2) is 11.5 Å². The molecule has 0 amide bonds. The van der Waals surface area contributed by atoms with Crippen molar-refractivity contribution in [1.29, 1.82) is 0 Å². The number of aryl methyl sites for hydroxylation is 1. The molecule has 3 aromatic rings. The highest BCUT2D eigenvalue weighted by Gasteiger charge is 2.31. The number of aromatic nitrogens is 4. The molecule has 0 spiro atoms. The molecule has 0 radical (unpaired) electrons. The summed E-state index contributed by atoms with van der Waals surface area (Å²) in [5.41, 5.74) is 2.42. The fourth-order valence-corrected chi connectivity index (χ4v) is 2.32. The van der Waals surface area contributed by atoms with E-state index in [1.807, 2.05) is 0 Å². The van der Waals surface area contributed by atoms with E-state index in [2.05, 4.69) is 20.0 Å². The average molecular weight is 338 g/mol.